The van der Waals surface area contributed by atoms with E-state index in [0.717, 1.165) is 25.3 Å². The maximum atomic E-state index is 12.1. The number of carboxylic acids is 1. The zero-order chi connectivity index (χ0) is 14.8. The smallest absolute Gasteiger partial charge is 0.339 e. The van der Waals surface area contributed by atoms with Crippen molar-refractivity contribution in [1.29, 1.82) is 0 Å². The Bertz CT molecular complexity index is 607. The third-order valence-corrected chi connectivity index (χ3v) is 4.74. The molecule has 2 N–H and O–H groups in total. The number of sulfonamides is 1. The van der Waals surface area contributed by atoms with Crippen molar-refractivity contribution in [2.75, 3.05) is 6.61 Å². The van der Waals surface area contributed by atoms with Gasteiger partial charge in [0.2, 0.25) is 10.0 Å². The van der Waals surface area contributed by atoms with Crippen LogP contribution >= 0.6 is 0 Å². The van der Waals surface area contributed by atoms with Crippen LogP contribution in [0.25, 0.3) is 0 Å². The summed E-state index contributed by atoms with van der Waals surface area (Å²) in [5.74, 6) is -1.04. The van der Waals surface area contributed by atoms with Crippen LogP contribution < -0.4 is 9.46 Å². The number of benzene rings is 1. The molecular weight excluding hydrogens is 282 g/mol. The van der Waals surface area contributed by atoms with Gasteiger partial charge >= 0.3 is 5.97 Å². The van der Waals surface area contributed by atoms with E-state index in [1.54, 1.807) is 6.92 Å². The van der Waals surface area contributed by atoms with Gasteiger partial charge in [-0.25, -0.2) is 17.9 Å². The molecule has 0 aromatic heterocycles. The fourth-order valence-electron chi connectivity index (χ4n) is 1.94. The van der Waals surface area contributed by atoms with Crippen LogP contribution in [0.2, 0.25) is 0 Å². The van der Waals surface area contributed by atoms with Crippen molar-refractivity contribution in [2.45, 2.75) is 37.1 Å². The van der Waals surface area contributed by atoms with Crippen LogP contribution in [0.3, 0.4) is 0 Å². The quantitative estimate of drug-likeness (QED) is 0.832. The monoisotopic (exact) mass is 299 g/mol. The molecule has 0 saturated heterocycles. The van der Waals surface area contributed by atoms with Crippen molar-refractivity contribution in [3.05, 3.63) is 23.8 Å². The van der Waals surface area contributed by atoms with Crippen LogP contribution in [-0.4, -0.2) is 32.1 Å². The van der Waals surface area contributed by atoms with Gasteiger partial charge in [0.1, 0.15) is 11.3 Å². The van der Waals surface area contributed by atoms with Crippen molar-refractivity contribution in [3.8, 4) is 5.75 Å². The largest absolute Gasteiger partial charge is 0.493 e. The molecule has 6 nitrogen and oxygen atoms in total. The molecular formula is C13H17NO5S. The van der Waals surface area contributed by atoms with E-state index in [-0.39, 0.29) is 22.3 Å². The Kier molecular flexibility index (Phi) is 4.29. The highest BCUT2D eigenvalue weighted by Gasteiger charge is 2.26. The molecule has 1 aromatic rings. The Morgan fingerprint density at radius 1 is 1.45 bits per heavy atom. The van der Waals surface area contributed by atoms with Gasteiger partial charge in [0.25, 0.3) is 0 Å². The number of hydrogen-bond donors (Lipinski definition) is 2. The number of hydrogen-bond acceptors (Lipinski definition) is 4. The fourth-order valence-corrected chi connectivity index (χ4v) is 3.27. The first-order valence-corrected chi connectivity index (χ1v) is 7.95. The Labute approximate surface area is 117 Å². The molecule has 7 heteroatoms. The van der Waals surface area contributed by atoms with Gasteiger partial charge in [-0.05, 0) is 38.0 Å². The summed E-state index contributed by atoms with van der Waals surface area (Å²) >= 11 is 0. The van der Waals surface area contributed by atoms with E-state index in [4.69, 9.17) is 9.84 Å². The maximum absolute atomic E-state index is 12.1. The Morgan fingerprint density at radius 2 is 2.15 bits per heavy atom. The molecule has 0 atom stereocenters. The van der Waals surface area contributed by atoms with Crippen molar-refractivity contribution in [2.24, 2.45) is 0 Å². The van der Waals surface area contributed by atoms with Crippen LogP contribution in [0.1, 0.15) is 36.5 Å². The minimum Gasteiger partial charge on any atom is -0.493 e. The molecule has 0 unspecified atom stereocenters. The average molecular weight is 299 g/mol. The summed E-state index contributed by atoms with van der Waals surface area (Å²) in [7, 11) is -3.68. The zero-order valence-corrected chi connectivity index (χ0v) is 11.9. The highest BCUT2D eigenvalue weighted by atomic mass is 32.2. The molecule has 0 bridgehead atoms. The average Bonchev–Trinajstić information content (AvgIpc) is 2.34. The van der Waals surface area contributed by atoms with Crippen LogP contribution in [0.5, 0.6) is 5.75 Å². The van der Waals surface area contributed by atoms with Crippen LogP contribution in [0.15, 0.2) is 23.1 Å². The standard InChI is InChI=1S/C13H17NO5S/c1-2-19-12-7-6-10(8-11(12)13(15)16)20(17,18)14-9-4-3-5-9/h6-9,14H,2-5H2,1H3,(H,15,16). The summed E-state index contributed by atoms with van der Waals surface area (Å²) in [6.07, 6.45) is 2.65. The molecule has 0 heterocycles. The third-order valence-electron chi connectivity index (χ3n) is 3.22. The van der Waals surface area contributed by atoms with Gasteiger partial charge in [-0.1, -0.05) is 6.42 Å². The number of carboxylic acid groups (broad SMARTS) is 1. The Morgan fingerprint density at radius 3 is 2.65 bits per heavy atom. The lowest BCUT2D eigenvalue weighted by molar-refractivity contribution is 0.0692. The molecule has 110 valence electrons. The second kappa shape index (κ2) is 5.80. The van der Waals surface area contributed by atoms with Crippen molar-refractivity contribution in [1.82, 2.24) is 4.72 Å². The lowest BCUT2D eigenvalue weighted by Gasteiger charge is -2.26. The van der Waals surface area contributed by atoms with E-state index in [1.165, 1.54) is 12.1 Å². The van der Waals surface area contributed by atoms with Crippen molar-refractivity contribution in [3.63, 3.8) is 0 Å². The van der Waals surface area contributed by atoms with Gasteiger partial charge in [-0.15, -0.1) is 0 Å². The van der Waals surface area contributed by atoms with Crippen molar-refractivity contribution < 1.29 is 23.1 Å². The van der Waals surface area contributed by atoms with Crippen LogP contribution in [0, 0.1) is 0 Å². The molecule has 0 aliphatic heterocycles. The molecule has 1 fully saturated rings. The predicted molar refractivity (Wildman–Crippen MR) is 72.5 cm³/mol. The normalized spacial score (nSPS) is 15.7. The van der Waals surface area contributed by atoms with E-state index < -0.39 is 16.0 Å². The number of ether oxygens (including phenoxy) is 1. The van der Waals surface area contributed by atoms with Gasteiger partial charge < -0.3 is 9.84 Å². The van der Waals surface area contributed by atoms with E-state index in [1.807, 2.05) is 0 Å². The summed E-state index contributed by atoms with van der Waals surface area (Å²) in [5.41, 5.74) is -0.150. The Balaban J connectivity index is 2.32. The molecule has 0 amide bonds. The summed E-state index contributed by atoms with van der Waals surface area (Å²) in [6, 6.07) is 3.83. The summed E-state index contributed by atoms with van der Waals surface area (Å²) in [5, 5.41) is 9.13. The van der Waals surface area contributed by atoms with Crippen LogP contribution in [0.4, 0.5) is 0 Å². The molecule has 0 spiro atoms. The number of rotatable bonds is 6. The highest BCUT2D eigenvalue weighted by Crippen LogP contribution is 2.25. The summed E-state index contributed by atoms with van der Waals surface area (Å²) in [6.45, 7) is 2.04. The van der Waals surface area contributed by atoms with Crippen molar-refractivity contribution >= 4 is 16.0 Å². The molecule has 20 heavy (non-hydrogen) atoms. The third kappa shape index (κ3) is 3.10. The molecule has 1 aliphatic carbocycles. The van der Waals surface area contributed by atoms with E-state index in [2.05, 4.69) is 4.72 Å². The van der Waals surface area contributed by atoms with E-state index in [9.17, 15) is 13.2 Å². The number of aromatic carboxylic acids is 1. The van der Waals surface area contributed by atoms with Gasteiger partial charge in [-0.2, -0.15) is 0 Å². The summed E-state index contributed by atoms with van der Waals surface area (Å²) < 4.78 is 32.0. The van der Waals surface area contributed by atoms with Gasteiger partial charge in [0, 0.05) is 6.04 Å². The van der Waals surface area contributed by atoms with Gasteiger partial charge in [0.05, 0.1) is 11.5 Å². The zero-order valence-electron chi connectivity index (χ0n) is 11.1. The fraction of sp³-hybridized carbons (Fsp3) is 0.462. The predicted octanol–water partition coefficient (Wildman–Crippen LogP) is 1.61. The molecule has 1 aromatic carbocycles. The first-order chi connectivity index (χ1) is 9.44. The Hall–Kier alpha value is -1.60. The number of nitrogens with one attached hydrogen (secondary N) is 1. The van der Waals surface area contributed by atoms with E-state index >= 15 is 0 Å². The second-order valence-corrected chi connectivity index (χ2v) is 6.36. The second-order valence-electron chi connectivity index (χ2n) is 4.65. The minimum atomic E-state index is -3.68. The lowest BCUT2D eigenvalue weighted by Crippen LogP contribution is -2.39. The van der Waals surface area contributed by atoms with Crippen LogP contribution in [-0.2, 0) is 10.0 Å². The topological polar surface area (TPSA) is 92.7 Å². The molecule has 0 radical (unpaired) electrons. The molecule has 2 rings (SSSR count). The minimum absolute atomic E-state index is 0.0418. The van der Waals surface area contributed by atoms with Gasteiger partial charge in [0.15, 0.2) is 0 Å². The SMILES string of the molecule is CCOc1ccc(S(=O)(=O)NC2CCC2)cc1C(=O)O. The highest BCUT2D eigenvalue weighted by molar-refractivity contribution is 7.89. The van der Waals surface area contributed by atoms with E-state index in [0.29, 0.717) is 6.61 Å². The lowest BCUT2D eigenvalue weighted by atomic mass is 9.94. The van der Waals surface area contributed by atoms with Gasteiger partial charge in [-0.3, -0.25) is 0 Å². The first kappa shape index (κ1) is 14.8. The molecule has 1 aliphatic rings. The molecule has 1 saturated carbocycles. The number of carbonyl (C=O) groups is 1. The summed E-state index contributed by atoms with van der Waals surface area (Å²) in [4.78, 5) is 11.1. The maximum Gasteiger partial charge on any atom is 0.339 e. The first-order valence-electron chi connectivity index (χ1n) is 6.46.